The lowest BCUT2D eigenvalue weighted by molar-refractivity contribution is -0.163. The second-order valence-corrected chi connectivity index (χ2v) is 5.08. The van der Waals surface area contributed by atoms with Gasteiger partial charge in [-0.1, -0.05) is 19.1 Å². The summed E-state index contributed by atoms with van der Waals surface area (Å²) in [5.41, 5.74) is 1.10. The smallest absolute Gasteiger partial charge is 0.123 e. The molecule has 0 amide bonds. The van der Waals surface area contributed by atoms with Crippen molar-refractivity contribution in [2.75, 3.05) is 0 Å². The first kappa shape index (κ1) is 11.7. The van der Waals surface area contributed by atoms with E-state index in [0.717, 1.165) is 12.0 Å². The summed E-state index contributed by atoms with van der Waals surface area (Å²) in [6, 6.07) is 6.87. The fraction of sp³-hybridized carbons (Fsp3) is 0.467. The van der Waals surface area contributed by atoms with Crippen LogP contribution in [0.1, 0.15) is 37.8 Å². The lowest BCUT2D eigenvalue weighted by Gasteiger charge is -2.27. The Morgan fingerprint density at radius 3 is 2.67 bits per heavy atom. The van der Waals surface area contributed by atoms with E-state index in [1.807, 2.05) is 23.4 Å². The molecule has 0 spiro atoms. The van der Waals surface area contributed by atoms with Gasteiger partial charge in [0.25, 0.3) is 0 Å². The number of halogens is 1. The van der Waals surface area contributed by atoms with Crippen LogP contribution in [0, 0.1) is 11.7 Å². The summed E-state index contributed by atoms with van der Waals surface area (Å²) < 4.78 is 12.9. The number of hydroxylamine groups is 2. The maximum atomic E-state index is 12.9. The average Bonchev–Trinajstić information content (AvgIpc) is 3.13. The Morgan fingerprint density at radius 1 is 1.33 bits per heavy atom. The van der Waals surface area contributed by atoms with Crippen LogP contribution < -0.4 is 0 Å². The van der Waals surface area contributed by atoms with Crippen LogP contribution >= 0.6 is 0 Å². The second-order valence-electron chi connectivity index (χ2n) is 5.08. The summed E-state index contributed by atoms with van der Waals surface area (Å²) in [7, 11) is 0. The molecule has 1 heterocycles. The molecule has 2 aliphatic rings. The number of hydrogen-bond acceptors (Lipinski definition) is 2. The van der Waals surface area contributed by atoms with Crippen molar-refractivity contribution in [3.63, 3.8) is 0 Å². The minimum atomic E-state index is -0.192. The van der Waals surface area contributed by atoms with E-state index in [9.17, 15) is 4.39 Å². The van der Waals surface area contributed by atoms with Crippen LogP contribution in [0.3, 0.4) is 0 Å². The van der Waals surface area contributed by atoms with Gasteiger partial charge < -0.3 is 0 Å². The molecule has 0 N–H and O–H groups in total. The molecule has 1 aromatic carbocycles. The van der Waals surface area contributed by atoms with Crippen molar-refractivity contribution in [2.24, 2.45) is 5.92 Å². The zero-order chi connectivity index (χ0) is 12.5. The van der Waals surface area contributed by atoms with Crippen molar-refractivity contribution in [3.05, 3.63) is 47.9 Å². The highest BCUT2D eigenvalue weighted by Gasteiger charge is 2.35. The van der Waals surface area contributed by atoms with Crippen LogP contribution in [0.25, 0.3) is 0 Å². The van der Waals surface area contributed by atoms with Crippen LogP contribution in [-0.2, 0) is 4.84 Å². The van der Waals surface area contributed by atoms with Crippen LogP contribution in [0.15, 0.2) is 36.5 Å². The van der Waals surface area contributed by atoms with Gasteiger partial charge >= 0.3 is 0 Å². The monoisotopic (exact) mass is 247 g/mol. The number of benzene rings is 1. The zero-order valence-electron chi connectivity index (χ0n) is 10.6. The van der Waals surface area contributed by atoms with Gasteiger partial charge in [-0.25, -0.2) is 4.39 Å². The van der Waals surface area contributed by atoms with E-state index in [1.54, 1.807) is 0 Å². The molecule has 0 bridgehead atoms. The number of rotatable bonds is 4. The molecule has 2 unspecified atom stereocenters. The van der Waals surface area contributed by atoms with Gasteiger partial charge in [0.15, 0.2) is 0 Å². The molecule has 18 heavy (non-hydrogen) atoms. The minimum Gasteiger partial charge on any atom is -0.266 e. The fourth-order valence-electron chi connectivity index (χ4n) is 2.47. The Labute approximate surface area is 107 Å². The Morgan fingerprint density at radius 2 is 2.06 bits per heavy atom. The Kier molecular flexibility index (Phi) is 3.08. The Balaban J connectivity index is 1.72. The molecule has 0 aromatic heterocycles. The fourth-order valence-corrected chi connectivity index (χ4v) is 2.47. The summed E-state index contributed by atoms with van der Waals surface area (Å²) in [6.45, 7) is 2.12. The van der Waals surface area contributed by atoms with Gasteiger partial charge in [0.1, 0.15) is 11.9 Å². The molecule has 2 nitrogen and oxygen atoms in total. The standard InChI is InChI=1S/C15H18FNO/c1-2-14(11-5-7-13(16)8-6-11)17-10-9-15(18-17)12-3-4-12/h5-10,12,14-15H,2-4H2,1H3. The summed E-state index contributed by atoms with van der Waals surface area (Å²) in [6.07, 6.45) is 7.91. The predicted molar refractivity (Wildman–Crippen MR) is 68.0 cm³/mol. The molecular weight excluding hydrogens is 229 g/mol. The molecule has 1 fully saturated rings. The summed E-state index contributed by atoms with van der Waals surface area (Å²) in [5, 5.41) is 1.93. The molecule has 1 aromatic rings. The van der Waals surface area contributed by atoms with Crippen LogP contribution in [0.5, 0.6) is 0 Å². The summed E-state index contributed by atoms with van der Waals surface area (Å²) >= 11 is 0. The maximum Gasteiger partial charge on any atom is 0.123 e. The van der Waals surface area contributed by atoms with Crippen molar-refractivity contribution < 1.29 is 9.23 Å². The van der Waals surface area contributed by atoms with E-state index in [2.05, 4.69) is 13.0 Å². The Bertz CT molecular complexity index is 438. The first-order valence-electron chi connectivity index (χ1n) is 6.67. The van der Waals surface area contributed by atoms with E-state index < -0.39 is 0 Å². The molecule has 1 saturated carbocycles. The van der Waals surface area contributed by atoms with E-state index in [0.29, 0.717) is 5.92 Å². The van der Waals surface area contributed by atoms with Crippen molar-refractivity contribution in [1.82, 2.24) is 5.06 Å². The number of nitrogens with zero attached hydrogens (tertiary/aromatic N) is 1. The first-order chi connectivity index (χ1) is 8.78. The van der Waals surface area contributed by atoms with Crippen molar-refractivity contribution >= 4 is 0 Å². The summed E-state index contributed by atoms with van der Waals surface area (Å²) in [4.78, 5) is 5.95. The molecule has 0 saturated heterocycles. The topological polar surface area (TPSA) is 12.5 Å². The van der Waals surface area contributed by atoms with Gasteiger partial charge in [-0.2, -0.15) is 0 Å². The van der Waals surface area contributed by atoms with E-state index >= 15 is 0 Å². The molecule has 2 atom stereocenters. The van der Waals surface area contributed by atoms with E-state index in [4.69, 9.17) is 4.84 Å². The molecule has 1 aliphatic carbocycles. The zero-order valence-corrected chi connectivity index (χ0v) is 10.6. The quantitative estimate of drug-likeness (QED) is 0.802. The SMILES string of the molecule is CCC(c1ccc(F)cc1)N1C=CC(C2CC2)O1. The van der Waals surface area contributed by atoms with Gasteiger partial charge in [-0.3, -0.25) is 9.90 Å². The lowest BCUT2D eigenvalue weighted by atomic mass is 10.0. The van der Waals surface area contributed by atoms with Crippen molar-refractivity contribution in [3.8, 4) is 0 Å². The second kappa shape index (κ2) is 4.73. The van der Waals surface area contributed by atoms with Crippen LogP contribution in [0.2, 0.25) is 0 Å². The van der Waals surface area contributed by atoms with Gasteiger partial charge in [0.05, 0.1) is 6.04 Å². The van der Waals surface area contributed by atoms with E-state index in [1.165, 1.54) is 25.0 Å². The van der Waals surface area contributed by atoms with Gasteiger partial charge in [-0.05, 0) is 49.0 Å². The average molecular weight is 247 g/mol. The molecule has 1 aliphatic heterocycles. The van der Waals surface area contributed by atoms with Crippen LogP contribution in [0.4, 0.5) is 4.39 Å². The Hall–Kier alpha value is -1.35. The highest BCUT2D eigenvalue weighted by molar-refractivity contribution is 5.20. The summed E-state index contributed by atoms with van der Waals surface area (Å²) in [5.74, 6) is 0.513. The predicted octanol–water partition coefficient (Wildman–Crippen LogP) is 3.82. The first-order valence-corrected chi connectivity index (χ1v) is 6.67. The van der Waals surface area contributed by atoms with Gasteiger partial charge in [-0.15, -0.1) is 0 Å². The number of hydrogen-bond donors (Lipinski definition) is 0. The van der Waals surface area contributed by atoms with E-state index in [-0.39, 0.29) is 18.0 Å². The molecule has 3 rings (SSSR count). The largest absolute Gasteiger partial charge is 0.266 e. The maximum absolute atomic E-state index is 12.9. The molecule has 3 heteroatoms. The highest BCUT2D eigenvalue weighted by Crippen LogP contribution is 2.39. The third-order valence-corrected chi connectivity index (χ3v) is 3.70. The van der Waals surface area contributed by atoms with Gasteiger partial charge in [0, 0.05) is 6.20 Å². The molecule has 96 valence electrons. The lowest BCUT2D eigenvalue weighted by Crippen LogP contribution is -2.24. The normalized spacial score (nSPS) is 24.6. The van der Waals surface area contributed by atoms with Gasteiger partial charge in [0.2, 0.25) is 0 Å². The molecule has 0 radical (unpaired) electrons. The third-order valence-electron chi connectivity index (χ3n) is 3.70. The molecular formula is C15H18FNO. The van der Waals surface area contributed by atoms with Crippen molar-refractivity contribution in [1.29, 1.82) is 0 Å². The van der Waals surface area contributed by atoms with Crippen LogP contribution in [-0.4, -0.2) is 11.2 Å². The minimum absolute atomic E-state index is 0.172. The van der Waals surface area contributed by atoms with Crippen molar-refractivity contribution in [2.45, 2.75) is 38.3 Å². The highest BCUT2D eigenvalue weighted by atomic mass is 19.1. The third kappa shape index (κ3) is 2.27.